The molecule has 0 aromatic heterocycles. The Morgan fingerprint density at radius 1 is 0.581 bits per heavy atom. The lowest BCUT2D eigenvalue weighted by atomic mass is 9.56. The lowest BCUT2D eigenvalue weighted by Crippen LogP contribution is -2.48. The van der Waals surface area contributed by atoms with Gasteiger partial charge in [-0.1, -0.05) is 0 Å². The highest BCUT2D eigenvalue weighted by atomic mass is 16.7. The molecule has 0 radical (unpaired) electrons. The maximum Gasteiger partial charge on any atom is 0.348 e. The molecule has 5 aliphatic carbocycles. The Morgan fingerprint density at radius 3 is 1.23 bits per heavy atom. The minimum atomic E-state index is -1.28. The number of esters is 4. The number of hydrogen-bond donors (Lipinski definition) is 0. The number of rotatable bonds is 0. The van der Waals surface area contributed by atoms with Crippen LogP contribution in [0.2, 0.25) is 0 Å². The molecule has 0 spiro atoms. The van der Waals surface area contributed by atoms with Crippen LogP contribution in [0.4, 0.5) is 0 Å². The Kier molecular flexibility index (Phi) is 2.84. The van der Waals surface area contributed by atoms with Crippen LogP contribution in [0.3, 0.4) is 0 Å². The third-order valence-electron chi connectivity index (χ3n) is 8.69. The number of cyclic esters (lactones) is 4. The highest BCUT2D eigenvalue weighted by Gasteiger charge is 2.82. The average Bonchev–Trinajstić information content (AvgIpc) is 3.11. The second kappa shape index (κ2) is 4.89. The van der Waals surface area contributed by atoms with Crippen LogP contribution in [-0.2, 0) is 38.1 Å². The Hall–Kier alpha value is -2.64. The maximum atomic E-state index is 12.8. The van der Waals surface area contributed by atoms with Crippen molar-refractivity contribution in [1.29, 1.82) is 0 Å². The van der Waals surface area contributed by atoms with Gasteiger partial charge in [0.25, 0.3) is 11.6 Å². The zero-order chi connectivity index (χ0) is 21.8. The van der Waals surface area contributed by atoms with E-state index in [2.05, 4.69) is 0 Å². The Bertz CT molecular complexity index is 973. The molecule has 7 fully saturated rings. The first-order valence-corrected chi connectivity index (χ1v) is 10.9. The zero-order valence-corrected chi connectivity index (χ0v) is 17.6. The van der Waals surface area contributed by atoms with E-state index in [4.69, 9.17) is 18.9 Å². The predicted molar refractivity (Wildman–Crippen MR) is 99.1 cm³/mol. The maximum absolute atomic E-state index is 12.8. The van der Waals surface area contributed by atoms with E-state index in [-0.39, 0.29) is 34.8 Å². The Labute approximate surface area is 177 Å². The predicted octanol–water partition coefficient (Wildman–Crippen LogP) is 1.64. The van der Waals surface area contributed by atoms with E-state index in [1.165, 1.54) is 27.7 Å². The van der Waals surface area contributed by atoms with Crippen molar-refractivity contribution in [2.24, 2.45) is 47.3 Å². The number of carbonyl (C=O) groups is 4. The van der Waals surface area contributed by atoms with E-state index >= 15 is 0 Å². The number of fused-ring (bicyclic) bond motifs is 2. The van der Waals surface area contributed by atoms with E-state index in [1.807, 2.05) is 0 Å². The van der Waals surface area contributed by atoms with Gasteiger partial charge in [0, 0.05) is 27.7 Å². The molecule has 2 heterocycles. The summed E-state index contributed by atoms with van der Waals surface area (Å²) in [6.07, 6.45) is 0.996. The molecule has 0 amide bonds. The fourth-order valence-electron chi connectivity index (χ4n) is 8.39. The smallest absolute Gasteiger partial charge is 0.348 e. The molecule has 162 valence electrons. The van der Waals surface area contributed by atoms with Gasteiger partial charge in [-0.15, -0.1) is 0 Å². The quantitative estimate of drug-likeness (QED) is 0.327. The summed E-state index contributed by atoms with van der Waals surface area (Å²) in [6, 6.07) is 0. The summed E-state index contributed by atoms with van der Waals surface area (Å²) < 4.78 is 21.5. The lowest BCUT2D eigenvalue weighted by Gasteiger charge is -2.47. The molecular weight excluding hydrogens is 404 g/mol. The average molecular weight is 426 g/mol. The molecule has 8 atom stereocenters. The molecule has 5 saturated carbocycles. The summed E-state index contributed by atoms with van der Waals surface area (Å²) in [5.41, 5.74) is 1.76. The molecule has 1 unspecified atom stereocenters. The molecule has 8 heteroatoms. The van der Waals surface area contributed by atoms with Crippen LogP contribution < -0.4 is 0 Å². The van der Waals surface area contributed by atoms with Crippen LogP contribution in [0, 0.1) is 47.3 Å². The summed E-state index contributed by atoms with van der Waals surface area (Å²) in [4.78, 5) is 51.3. The van der Waals surface area contributed by atoms with Gasteiger partial charge < -0.3 is 18.9 Å². The van der Waals surface area contributed by atoms with Gasteiger partial charge in [-0.3, -0.25) is 0 Å². The molecule has 8 nitrogen and oxygen atoms in total. The minimum absolute atomic E-state index is 0.0295. The van der Waals surface area contributed by atoms with E-state index in [1.54, 1.807) is 0 Å². The first kappa shape index (κ1) is 18.0. The second-order valence-electron chi connectivity index (χ2n) is 10.8. The SMILES string of the molecule is CC1(C)OC(=O)C(=C2[C@@H]3[C@H]4C5[C@@H]6C[C@H]4[C@H]2[C@@H]6C(=C2C(=O)OC(C)(C)OC2=O)[C@@H]53)C(=O)O1. The first-order valence-electron chi connectivity index (χ1n) is 10.9. The van der Waals surface area contributed by atoms with Crippen molar-refractivity contribution in [3.05, 3.63) is 22.3 Å². The fraction of sp³-hybridized carbons (Fsp3) is 0.652. The Balaban J connectivity index is 1.38. The molecule has 0 N–H and O–H groups in total. The van der Waals surface area contributed by atoms with Gasteiger partial charge in [0.05, 0.1) is 0 Å². The lowest BCUT2D eigenvalue weighted by molar-refractivity contribution is -0.225. The van der Waals surface area contributed by atoms with Gasteiger partial charge in [-0.05, 0) is 64.9 Å². The van der Waals surface area contributed by atoms with Gasteiger partial charge in [0.2, 0.25) is 0 Å². The number of hydrogen-bond acceptors (Lipinski definition) is 8. The molecule has 0 aromatic rings. The summed E-state index contributed by atoms with van der Waals surface area (Å²) in [5, 5.41) is 0. The van der Waals surface area contributed by atoms with Gasteiger partial charge in [0.1, 0.15) is 11.1 Å². The molecule has 2 bridgehead atoms. The monoisotopic (exact) mass is 426 g/mol. The standard InChI is InChI=1S/C23H22O8/c1-22(2)28-18(24)16(19(25)29-22)14-10-6-5-7-9-8(6)12(14)13(9)15(11(7)10)17-20(26)30-23(3,4)31-21(17)27/h6-13H,5H2,1-4H3/t6-,7+,8-,9?,10+,11-,12-,13+/m1/s1. The largest absolute Gasteiger partial charge is 0.419 e. The van der Waals surface area contributed by atoms with Crippen LogP contribution >= 0.6 is 0 Å². The molecule has 31 heavy (non-hydrogen) atoms. The van der Waals surface area contributed by atoms with Gasteiger partial charge in [0.15, 0.2) is 0 Å². The number of carbonyl (C=O) groups excluding carboxylic acids is 4. The van der Waals surface area contributed by atoms with Gasteiger partial charge in [-0.2, -0.15) is 0 Å². The summed E-state index contributed by atoms with van der Waals surface area (Å²) in [7, 11) is 0. The van der Waals surface area contributed by atoms with Gasteiger partial charge in [-0.25, -0.2) is 19.2 Å². The number of allylic oxidation sites excluding steroid dienone is 2. The number of ether oxygens (including phenoxy) is 4. The third-order valence-corrected chi connectivity index (χ3v) is 8.69. The van der Waals surface area contributed by atoms with Crippen molar-refractivity contribution >= 4 is 23.9 Å². The highest BCUT2D eigenvalue weighted by Crippen LogP contribution is 2.86. The van der Waals surface area contributed by atoms with E-state index in [0.717, 1.165) is 17.6 Å². The summed E-state index contributed by atoms with van der Waals surface area (Å²) in [5.74, 6) is -3.71. The topological polar surface area (TPSA) is 105 Å². The normalized spacial score (nSPS) is 46.8. The molecule has 7 aliphatic rings. The van der Waals surface area contributed by atoms with Crippen LogP contribution in [0.1, 0.15) is 34.1 Å². The van der Waals surface area contributed by atoms with Crippen molar-refractivity contribution in [3.63, 3.8) is 0 Å². The first-order chi connectivity index (χ1) is 14.5. The molecular formula is C23H22O8. The van der Waals surface area contributed by atoms with E-state index in [0.29, 0.717) is 23.7 Å². The summed E-state index contributed by atoms with van der Waals surface area (Å²) in [6.45, 7) is 6.15. The van der Waals surface area contributed by atoms with Crippen LogP contribution in [0.15, 0.2) is 22.3 Å². The van der Waals surface area contributed by atoms with Crippen molar-refractivity contribution < 1.29 is 38.1 Å². The van der Waals surface area contributed by atoms with Crippen molar-refractivity contribution in [2.75, 3.05) is 0 Å². The minimum Gasteiger partial charge on any atom is -0.419 e. The van der Waals surface area contributed by atoms with Crippen molar-refractivity contribution in [1.82, 2.24) is 0 Å². The molecule has 0 aromatic carbocycles. The van der Waals surface area contributed by atoms with Crippen molar-refractivity contribution in [3.8, 4) is 0 Å². The highest BCUT2D eigenvalue weighted by molar-refractivity contribution is 6.17. The summed E-state index contributed by atoms with van der Waals surface area (Å²) >= 11 is 0. The third kappa shape index (κ3) is 1.86. The fourth-order valence-corrected chi connectivity index (χ4v) is 8.39. The second-order valence-corrected chi connectivity index (χ2v) is 10.8. The zero-order valence-electron chi connectivity index (χ0n) is 17.6. The van der Waals surface area contributed by atoms with Crippen LogP contribution in [0.25, 0.3) is 0 Å². The Morgan fingerprint density at radius 2 is 0.903 bits per heavy atom. The molecule has 7 rings (SSSR count). The van der Waals surface area contributed by atoms with Crippen LogP contribution in [-0.4, -0.2) is 35.5 Å². The van der Waals surface area contributed by atoms with E-state index in [9.17, 15) is 19.2 Å². The molecule has 2 saturated heterocycles. The molecule has 2 aliphatic heterocycles. The van der Waals surface area contributed by atoms with E-state index < -0.39 is 35.5 Å². The van der Waals surface area contributed by atoms with Crippen molar-refractivity contribution in [2.45, 2.75) is 45.7 Å². The van der Waals surface area contributed by atoms with Crippen LogP contribution in [0.5, 0.6) is 0 Å². The van der Waals surface area contributed by atoms with Gasteiger partial charge >= 0.3 is 23.9 Å².